The van der Waals surface area contributed by atoms with Crippen molar-refractivity contribution in [2.75, 3.05) is 18.6 Å². The maximum absolute atomic E-state index is 11.9. The van der Waals surface area contributed by atoms with Crippen molar-refractivity contribution in [3.63, 3.8) is 0 Å². The van der Waals surface area contributed by atoms with Crippen molar-refractivity contribution in [3.8, 4) is 5.75 Å². The van der Waals surface area contributed by atoms with Crippen LogP contribution in [0.5, 0.6) is 5.75 Å². The molecule has 3 N–H and O–H groups in total. The molecule has 0 saturated carbocycles. The molecule has 0 bridgehead atoms. The Morgan fingerprint density at radius 1 is 1.58 bits per heavy atom. The smallest absolute Gasteiger partial charge is 0.237 e. The maximum atomic E-state index is 11.9. The van der Waals surface area contributed by atoms with Gasteiger partial charge in [0.2, 0.25) is 5.91 Å². The summed E-state index contributed by atoms with van der Waals surface area (Å²) in [4.78, 5) is 11.9. The number of ether oxygens (including phenoxy) is 1. The Hall–Kier alpha value is -0.910. The van der Waals surface area contributed by atoms with Crippen LogP contribution in [0.4, 0.5) is 0 Å². The minimum absolute atomic E-state index is 0. The Kier molecular flexibility index (Phi) is 6.48. The van der Waals surface area contributed by atoms with Crippen molar-refractivity contribution in [1.29, 1.82) is 0 Å². The number of amides is 1. The molecule has 4 nitrogen and oxygen atoms in total. The predicted octanol–water partition coefficient (Wildman–Crippen LogP) is 1.74. The fourth-order valence-corrected chi connectivity index (χ4v) is 2.43. The van der Waals surface area contributed by atoms with Gasteiger partial charge in [-0.25, -0.2) is 0 Å². The molecule has 1 amide bonds. The SMILES string of the molecule is CSCC[C@H](N)C(=O)NC1COc2ccccc21.Cl. The molecule has 1 aliphatic rings. The summed E-state index contributed by atoms with van der Waals surface area (Å²) in [7, 11) is 0. The molecule has 106 valence electrons. The first-order valence-electron chi connectivity index (χ1n) is 5.99. The van der Waals surface area contributed by atoms with E-state index in [0.717, 1.165) is 17.1 Å². The molecular formula is C13H19ClN2O2S. The fraction of sp³-hybridized carbons (Fsp3) is 0.462. The van der Waals surface area contributed by atoms with E-state index >= 15 is 0 Å². The van der Waals surface area contributed by atoms with Gasteiger partial charge in [0.25, 0.3) is 0 Å². The van der Waals surface area contributed by atoms with Crippen LogP contribution in [0.1, 0.15) is 18.0 Å². The van der Waals surface area contributed by atoms with Crippen molar-refractivity contribution >= 4 is 30.1 Å². The molecule has 6 heteroatoms. The number of rotatable bonds is 5. The third-order valence-corrected chi connectivity index (χ3v) is 3.63. The second kappa shape index (κ2) is 7.62. The number of fused-ring (bicyclic) bond motifs is 1. The number of benzene rings is 1. The quantitative estimate of drug-likeness (QED) is 0.869. The number of carbonyl (C=O) groups excluding carboxylic acids is 1. The molecule has 1 aliphatic heterocycles. The second-order valence-corrected chi connectivity index (χ2v) is 5.28. The predicted molar refractivity (Wildman–Crippen MR) is 81.0 cm³/mol. The van der Waals surface area contributed by atoms with Crippen LogP contribution in [0, 0.1) is 0 Å². The number of carbonyl (C=O) groups is 1. The van der Waals surface area contributed by atoms with E-state index in [9.17, 15) is 4.79 Å². The minimum atomic E-state index is -0.440. The summed E-state index contributed by atoms with van der Waals surface area (Å²) in [6, 6.07) is 7.24. The molecule has 0 spiro atoms. The summed E-state index contributed by atoms with van der Waals surface area (Å²) in [5.41, 5.74) is 6.87. The number of halogens is 1. The largest absolute Gasteiger partial charge is 0.491 e. The first-order valence-corrected chi connectivity index (χ1v) is 7.38. The van der Waals surface area contributed by atoms with Crippen molar-refractivity contribution in [1.82, 2.24) is 5.32 Å². The van der Waals surface area contributed by atoms with Crippen molar-refractivity contribution < 1.29 is 9.53 Å². The molecule has 2 atom stereocenters. The fourth-order valence-electron chi connectivity index (χ4n) is 1.94. The number of nitrogens with one attached hydrogen (secondary N) is 1. The van der Waals surface area contributed by atoms with Gasteiger partial charge in [0.05, 0.1) is 12.1 Å². The summed E-state index contributed by atoms with van der Waals surface area (Å²) in [6.45, 7) is 0.486. The average Bonchev–Trinajstić information content (AvgIpc) is 2.79. The third kappa shape index (κ3) is 4.03. The highest BCUT2D eigenvalue weighted by Crippen LogP contribution is 2.31. The van der Waals surface area contributed by atoms with E-state index in [1.165, 1.54) is 0 Å². The lowest BCUT2D eigenvalue weighted by Gasteiger charge is -2.15. The van der Waals surface area contributed by atoms with Gasteiger partial charge in [-0.2, -0.15) is 11.8 Å². The van der Waals surface area contributed by atoms with Crippen LogP contribution in [0.2, 0.25) is 0 Å². The van der Waals surface area contributed by atoms with Crippen LogP contribution < -0.4 is 15.8 Å². The lowest BCUT2D eigenvalue weighted by Crippen LogP contribution is -2.42. The number of nitrogens with two attached hydrogens (primary N) is 1. The van der Waals surface area contributed by atoms with Crippen molar-refractivity contribution in [3.05, 3.63) is 29.8 Å². The first kappa shape index (κ1) is 16.1. The van der Waals surface area contributed by atoms with E-state index in [1.54, 1.807) is 11.8 Å². The Morgan fingerprint density at radius 3 is 3.05 bits per heavy atom. The zero-order valence-electron chi connectivity index (χ0n) is 10.8. The Labute approximate surface area is 123 Å². The summed E-state index contributed by atoms with van der Waals surface area (Å²) >= 11 is 1.69. The van der Waals surface area contributed by atoms with E-state index in [1.807, 2.05) is 30.5 Å². The Balaban J connectivity index is 0.00000180. The minimum Gasteiger partial charge on any atom is -0.491 e. The van der Waals surface area contributed by atoms with Crippen LogP contribution >= 0.6 is 24.2 Å². The zero-order valence-corrected chi connectivity index (χ0v) is 12.4. The van der Waals surface area contributed by atoms with Gasteiger partial charge in [0.1, 0.15) is 12.4 Å². The van der Waals surface area contributed by atoms with Gasteiger partial charge < -0.3 is 15.8 Å². The van der Waals surface area contributed by atoms with Gasteiger partial charge >= 0.3 is 0 Å². The van der Waals surface area contributed by atoms with Gasteiger partial charge in [-0.1, -0.05) is 18.2 Å². The molecule has 1 unspecified atom stereocenters. The third-order valence-electron chi connectivity index (χ3n) is 2.99. The highest BCUT2D eigenvalue weighted by molar-refractivity contribution is 7.98. The van der Waals surface area contributed by atoms with E-state index in [4.69, 9.17) is 10.5 Å². The topological polar surface area (TPSA) is 64.4 Å². The second-order valence-electron chi connectivity index (χ2n) is 4.30. The van der Waals surface area contributed by atoms with Gasteiger partial charge in [0.15, 0.2) is 0 Å². The highest BCUT2D eigenvalue weighted by Gasteiger charge is 2.26. The molecule has 0 aromatic heterocycles. The Morgan fingerprint density at radius 2 is 2.32 bits per heavy atom. The van der Waals surface area contributed by atoms with Crippen molar-refractivity contribution in [2.24, 2.45) is 5.73 Å². The molecule has 1 aromatic carbocycles. The number of para-hydroxylation sites is 1. The van der Waals surface area contributed by atoms with Crippen LogP contribution in [0.25, 0.3) is 0 Å². The molecule has 1 aromatic rings. The van der Waals surface area contributed by atoms with Gasteiger partial charge in [0, 0.05) is 5.56 Å². The number of hydrogen-bond donors (Lipinski definition) is 2. The Bertz CT molecular complexity index is 431. The molecule has 1 heterocycles. The highest BCUT2D eigenvalue weighted by atomic mass is 35.5. The summed E-state index contributed by atoms with van der Waals surface area (Å²) in [6.07, 6.45) is 2.70. The lowest BCUT2D eigenvalue weighted by molar-refractivity contribution is -0.123. The molecular weight excluding hydrogens is 284 g/mol. The summed E-state index contributed by atoms with van der Waals surface area (Å²) in [5.74, 6) is 1.64. The zero-order chi connectivity index (χ0) is 13.0. The number of hydrogen-bond acceptors (Lipinski definition) is 4. The number of thioether (sulfide) groups is 1. The summed E-state index contributed by atoms with van der Waals surface area (Å²) < 4.78 is 5.51. The summed E-state index contributed by atoms with van der Waals surface area (Å²) in [5, 5.41) is 2.95. The maximum Gasteiger partial charge on any atom is 0.237 e. The van der Waals surface area contributed by atoms with E-state index in [0.29, 0.717) is 13.0 Å². The van der Waals surface area contributed by atoms with Crippen molar-refractivity contribution in [2.45, 2.75) is 18.5 Å². The van der Waals surface area contributed by atoms with Crippen LogP contribution in [0.3, 0.4) is 0 Å². The molecule has 0 aliphatic carbocycles. The molecule has 0 saturated heterocycles. The molecule has 19 heavy (non-hydrogen) atoms. The monoisotopic (exact) mass is 302 g/mol. The van der Waals surface area contributed by atoms with Gasteiger partial charge in [-0.15, -0.1) is 12.4 Å². The van der Waals surface area contributed by atoms with Crippen LogP contribution in [-0.2, 0) is 4.79 Å². The van der Waals surface area contributed by atoms with Crippen LogP contribution in [-0.4, -0.2) is 30.6 Å². The van der Waals surface area contributed by atoms with Gasteiger partial charge in [-0.05, 0) is 24.5 Å². The van der Waals surface area contributed by atoms with E-state index < -0.39 is 6.04 Å². The van der Waals surface area contributed by atoms with Gasteiger partial charge in [-0.3, -0.25) is 4.79 Å². The average molecular weight is 303 g/mol. The van der Waals surface area contributed by atoms with E-state index in [-0.39, 0.29) is 24.4 Å². The molecule has 0 radical (unpaired) electrons. The molecule has 0 fully saturated rings. The van der Waals surface area contributed by atoms with Crippen LogP contribution in [0.15, 0.2) is 24.3 Å². The normalized spacial score (nSPS) is 17.9. The standard InChI is InChI=1S/C13H18N2O2S.ClH/c1-18-7-6-10(14)13(16)15-11-8-17-12-5-3-2-4-9(11)12;/h2-5,10-11H,6-8,14H2,1H3,(H,15,16);1H/t10-,11?;/m0./s1. The van der Waals surface area contributed by atoms with E-state index in [2.05, 4.69) is 5.32 Å². The molecule has 2 rings (SSSR count). The lowest BCUT2D eigenvalue weighted by atomic mass is 10.1. The first-order chi connectivity index (χ1) is 8.72.